The van der Waals surface area contributed by atoms with Gasteiger partial charge in [0.15, 0.2) is 16.6 Å². The van der Waals surface area contributed by atoms with Crippen molar-refractivity contribution >= 4 is 28.9 Å². The molecule has 0 spiro atoms. The quantitative estimate of drug-likeness (QED) is 0.558. The van der Waals surface area contributed by atoms with E-state index in [-0.39, 0.29) is 16.9 Å². The van der Waals surface area contributed by atoms with Crippen LogP contribution in [0.5, 0.6) is 17.2 Å². The molecule has 0 atom stereocenters. The van der Waals surface area contributed by atoms with Crippen LogP contribution in [0.2, 0.25) is 0 Å². The van der Waals surface area contributed by atoms with Gasteiger partial charge in [0.05, 0.1) is 21.3 Å². The highest BCUT2D eigenvalue weighted by molar-refractivity contribution is 7.80. The second kappa shape index (κ2) is 7.17. The molecule has 1 aliphatic rings. The number of thiocarbonyl (C=S) groups is 1. The van der Waals surface area contributed by atoms with Gasteiger partial charge in [-0.1, -0.05) is 0 Å². The number of anilines is 1. The molecule has 1 aromatic rings. The van der Waals surface area contributed by atoms with Gasteiger partial charge >= 0.3 is 0 Å². The average Bonchev–Trinajstić information content (AvgIpc) is 3.36. The second-order valence-electron chi connectivity index (χ2n) is 4.76. The molecule has 0 radical (unpaired) electrons. The van der Waals surface area contributed by atoms with E-state index in [0.717, 1.165) is 12.8 Å². The van der Waals surface area contributed by atoms with E-state index < -0.39 is 0 Å². The van der Waals surface area contributed by atoms with Gasteiger partial charge in [0.25, 0.3) is 0 Å². The zero-order chi connectivity index (χ0) is 16.1. The van der Waals surface area contributed by atoms with E-state index in [2.05, 4.69) is 16.2 Å². The fraction of sp³-hybridized carbons (Fsp3) is 0.429. The van der Waals surface area contributed by atoms with Crippen molar-refractivity contribution in [3.8, 4) is 17.2 Å². The minimum atomic E-state index is -0.0472. The Labute approximate surface area is 134 Å². The first-order valence-electron chi connectivity index (χ1n) is 6.76. The summed E-state index contributed by atoms with van der Waals surface area (Å²) in [6.45, 7) is 0. The van der Waals surface area contributed by atoms with Crippen molar-refractivity contribution in [2.75, 3.05) is 26.6 Å². The highest BCUT2D eigenvalue weighted by atomic mass is 32.1. The van der Waals surface area contributed by atoms with Gasteiger partial charge in [0.1, 0.15) is 0 Å². The van der Waals surface area contributed by atoms with Gasteiger partial charge in [-0.05, 0) is 25.1 Å². The maximum atomic E-state index is 11.5. The Kier molecular flexibility index (Phi) is 5.26. The van der Waals surface area contributed by atoms with Crippen molar-refractivity contribution in [3.63, 3.8) is 0 Å². The summed E-state index contributed by atoms with van der Waals surface area (Å²) in [5, 5.41) is 3.21. The number of nitrogens with one attached hydrogen (secondary N) is 3. The molecule has 7 nitrogen and oxygen atoms in total. The molecule has 3 N–H and O–H groups in total. The Morgan fingerprint density at radius 1 is 1.09 bits per heavy atom. The van der Waals surface area contributed by atoms with Crippen LogP contribution < -0.4 is 30.4 Å². The SMILES string of the molecule is COc1cc(NC(=S)NNC(=O)C2CC2)cc(OC)c1OC. The number of methoxy groups -OCH3 is 3. The lowest BCUT2D eigenvalue weighted by Gasteiger charge is -2.16. The van der Waals surface area contributed by atoms with Gasteiger partial charge in [-0.25, -0.2) is 0 Å². The van der Waals surface area contributed by atoms with E-state index >= 15 is 0 Å². The number of rotatable bonds is 5. The third-order valence-corrected chi connectivity index (χ3v) is 3.37. The summed E-state index contributed by atoms with van der Waals surface area (Å²) >= 11 is 5.13. The fourth-order valence-corrected chi connectivity index (χ4v) is 2.05. The standard InChI is InChI=1S/C14H19N3O4S/c1-19-10-6-9(7-11(20-2)12(10)21-3)15-14(22)17-16-13(18)8-4-5-8/h6-8H,4-5H2,1-3H3,(H,16,18)(H2,15,17,22). The number of carbonyl (C=O) groups is 1. The lowest BCUT2D eigenvalue weighted by Crippen LogP contribution is -2.44. The molecule has 120 valence electrons. The number of hydrogen-bond acceptors (Lipinski definition) is 5. The van der Waals surface area contributed by atoms with Crippen LogP contribution in [-0.4, -0.2) is 32.3 Å². The summed E-state index contributed by atoms with van der Waals surface area (Å²) in [5.74, 6) is 1.57. The smallest absolute Gasteiger partial charge is 0.241 e. The molecule has 1 saturated carbocycles. The molecule has 1 aliphatic carbocycles. The molecule has 2 rings (SSSR count). The predicted molar refractivity (Wildman–Crippen MR) is 86.3 cm³/mol. The van der Waals surface area contributed by atoms with Crippen LogP contribution in [0, 0.1) is 5.92 Å². The third-order valence-electron chi connectivity index (χ3n) is 3.17. The largest absolute Gasteiger partial charge is 0.493 e. The minimum absolute atomic E-state index is 0.0472. The zero-order valence-electron chi connectivity index (χ0n) is 12.7. The topological polar surface area (TPSA) is 80.9 Å². The molecule has 1 fully saturated rings. The van der Waals surface area contributed by atoms with Crippen LogP contribution in [0.25, 0.3) is 0 Å². The van der Waals surface area contributed by atoms with Crippen LogP contribution in [0.3, 0.4) is 0 Å². The molecule has 8 heteroatoms. The predicted octanol–water partition coefficient (Wildman–Crippen LogP) is 1.44. The van der Waals surface area contributed by atoms with Gasteiger partial charge in [0.2, 0.25) is 11.7 Å². The second-order valence-corrected chi connectivity index (χ2v) is 5.16. The van der Waals surface area contributed by atoms with Crippen LogP contribution in [0.4, 0.5) is 5.69 Å². The molecule has 1 amide bonds. The molecule has 0 heterocycles. The van der Waals surface area contributed by atoms with Gasteiger partial charge < -0.3 is 19.5 Å². The molecule has 0 saturated heterocycles. The van der Waals surface area contributed by atoms with E-state index in [1.165, 1.54) is 21.3 Å². The Morgan fingerprint density at radius 3 is 2.14 bits per heavy atom. The maximum Gasteiger partial charge on any atom is 0.241 e. The Balaban J connectivity index is 2.01. The first kappa shape index (κ1) is 16.2. The summed E-state index contributed by atoms with van der Waals surface area (Å²) in [6, 6.07) is 3.44. The lowest BCUT2D eigenvalue weighted by atomic mass is 10.2. The van der Waals surface area contributed by atoms with Crippen LogP contribution in [0.15, 0.2) is 12.1 Å². The Hall–Kier alpha value is -2.22. The average molecular weight is 325 g/mol. The van der Waals surface area contributed by atoms with Crippen molar-refractivity contribution < 1.29 is 19.0 Å². The fourth-order valence-electron chi connectivity index (χ4n) is 1.88. The van der Waals surface area contributed by atoms with Gasteiger partial charge in [0, 0.05) is 23.7 Å². The van der Waals surface area contributed by atoms with Gasteiger partial charge in [-0.2, -0.15) is 0 Å². The van der Waals surface area contributed by atoms with Gasteiger partial charge in [-0.15, -0.1) is 0 Å². The summed E-state index contributed by atoms with van der Waals surface area (Å²) in [6.07, 6.45) is 1.86. The van der Waals surface area contributed by atoms with Crippen LogP contribution in [-0.2, 0) is 4.79 Å². The van der Waals surface area contributed by atoms with Crippen molar-refractivity contribution in [1.82, 2.24) is 10.9 Å². The maximum absolute atomic E-state index is 11.5. The molecule has 0 aliphatic heterocycles. The molecular weight excluding hydrogens is 306 g/mol. The number of hydrazine groups is 1. The van der Waals surface area contributed by atoms with E-state index in [1.54, 1.807) is 12.1 Å². The van der Waals surface area contributed by atoms with Crippen LogP contribution in [0.1, 0.15) is 12.8 Å². The van der Waals surface area contributed by atoms with E-state index in [9.17, 15) is 4.79 Å². The highest BCUT2D eigenvalue weighted by Gasteiger charge is 2.29. The Bertz CT molecular complexity index is 550. The van der Waals surface area contributed by atoms with Crippen molar-refractivity contribution in [1.29, 1.82) is 0 Å². The number of ether oxygens (including phenoxy) is 3. The number of carbonyl (C=O) groups excluding carboxylic acids is 1. The van der Waals surface area contributed by atoms with Crippen molar-refractivity contribution in [2.45, 2.75) is 12.8 Å². The van der Waals surface area contributed by atoms with Gasteiger partial charge in [-0.3, -0.25) is 15.6 Å². The van der Waals surface area contributed by atoms with E-state index in [1.807, 2.05) is 0 Å². The first-order valence-corrected chi connectivity index (χ1v) is 7.16. The minimum Gasteiger partial charge on any atom is -0.493 e. The monoisotopic (exact) mass is 325 g/mol. The zero-order valence-corrected chi connectivity index (χ0v) is 13.5. The molecule has 1 aromatic carbocycles. The summed E-state index contributed by atoms with van der Waals surface area (Å²) in [5.41, 5.74) is 5.87. The normalized spacial score (nSPS) is 13.0. The molecular formula is C14H19N3O4S. The number of benzene rings is 1. The summed E-state index contributed by atoms with van der Waals surface area (Å²) in [4.78, 5) is 11.5. The molecule has 0 bridgehead atoms. The summed E-state index contributed by atoms with van der Waals surface area (Å²) in [7, 11) is 4.61. The van der Waals surface area contributed by atoms with Crippen LogP contribution >= 0.6 is 12.2 Å². The van der Waals surface area contributed by atoms with Crippen molar-refractivity contribution in [2.24, 2.45) is 5.92 Å². The molecule has 22 heavy (non-hydrogen) atoms. The molecule has 0 aromatic heterocycles. The lowest BCUT2D eigenvalue weighted by molar-refractivity contribution is -0.122. The Morgan fingerprint density at radius 2 is 1.68 bits per heavy atom. The van der Waals surface area contributed by atoms with E-state index in [4.69, 9.17) is 26.4 Å². The van der Waals surface area contributed by atoms with Crippen molar-refractivity contribution in [3.05, 3.63) is 12.1 Å². The summed E-state index contributed by atoms with van der Waals surface area (Å²) < 4.78 is 15.8. The van der Waals surface area contributed by atoms with E-state index in [0.29, 0.717) is 22.9 Å². The highest BCUT2D eigenvalue weighted by Crippen LogP contribution is 2.39. The first-order chi connectivity index (χ1) is 10.6. The number of amides is 1. The molecule has 0 unspecified atom stereocenters. The third kappa shape index (κ3) is 3.91. The number of hydrogen-bond donors (Lipinski definition) is 3.